The number of hydrogen-bond donors (Lipinski definition) is 0. The van der Waals surface area contributed by atoms with Crippen LogP contribution >= 0.6 is 0 Å². The Balaban J connectivity index is 1.87. The van der Waals surface area contributed by atoms with Gasteiger partial charge in [-0.1, -0.05) is 11.1 Å². The summed E-state index contributed by atoms with van der Waals surface area (Å²) in [5.41, 5.74) is 3.52. The fourth-order valence-electron chi connectivity index (χ4n) is 2.39. The van der Waals surface area contributed by atoms with Crippen LogP contribution in [0.15, 0.2) is 11.1 Å². The minimum Gasteiger partial charge on any atom is -0.380 e. The molecule has 0 aromatic heterocycles. The molecule has 3 unspecified atom stereocenters. The lowest BCUT2D eigenvalue weighted by atomic mass is 10.2. The smallest absolute Gasteiger partial charge is 0.0678 e. The standard InChI is InChI=1S/C8H10O/c1-9-8-6-3-4-2-5(4)7(6)8/h6-8H,2-3H2,1H3. The van der Waals surface area contributed by atoms with E-state index in [1.54, 1.807) is 11.1 Å². The van der Waals surface area contributed by atoms with E-state index in [2.05, 4.69) is 0 Å². The summed E-state index contributed by atoms with van der Waals surface area (Å²) < 4.78 is 5.29. The normalized spacial score (nSPS) is 51.0. The summed E-state index contributed by atoms with van der Waals surface area (Å²) in [6, 6.07) is 0. The molecule has 1 nitrogen and oxygen atoms in total. The van der Waals surface area contributed by atoms with E-state index in [4.69, 9.17) is 4.74 Å². The average Bonchev–Trinajstić information content (AvgIpc) is 2.72. The monoisotopic (exact) mass is 122 g/mol. The van der Waals surface area contributed by atoms with Crippen molar-refractivity contribution in [2.24, 2.45) is 11.8 Å². The molecule has 48 valence electrons. The number of allylic oxidation sites excluding steroid dienone is 1. The van der Waals surface area contributed by atoms with Crippen molar-refractivity contribution in [3.63, 3.8) is 0 Å². The van der Waals surface area contributed by atoms with E-state index in [1.807, 2.05) is 7.11 Å². The van der Waals surface area contributed by atoms with Gasteiger partial charge in [0.1, 0.15) is 0 Å². The SMILES string of the molecule is COC1C2CC3=C(C3)C21. The third-order valence-corrected chi connectivity index (χ3v) is 2.99. The fourth-order valence-corrected chi connectivity index (χ4v) is 2.39. The van der Waals surface area contributed by atoms with Crippen LogP contribution in [0.5, 0.6) is 0 Å². The number of ether oxygens (including phenoxy) is 1. The van der Waals surface area contributed by atoms with Crippen molar-refractivity contribution in [3.05, 3.63) is 11.1 Å². The van der Waals surface area contributed by atoms with Gasteiger partial charge in [-0.05, 0) is 18.8 Å². The first-order valence-electron chi connectivity index (χ1n) is 3.65. The molecule has 0 aromatic carbocycles. The van der Waals surface area contributed by atoms with Crippen molar-refractivity contribution >= 4 is 0 Å². The molecule has 1 saturated carbocycles. The van der Waals surface area contributed by atoms with Crippen molar-refractivity contribution in [3.8, 4) is 0 Å². The number of fused-ring (bicyclic) bond motifs is 2. The summed E-state index contributed by atoms with van der Waals surface area (Å²) in [4.78, 5) is 0. The maximum Gasteiger partial charge on any atom is 0.0678 e. The van der Waals surface area contributed by atoms with Crippen LogP contribution in [0.1, 0.15) is 12.8 Å². The predicted octanol–water partition coefficient (Wildman–Crippen LogP) is 1.35. The largest absolute Gasteiger partial charge is 0.380 e. The summed E-state index contributed by atoms with van der Waals surface area (Å²) >= 11 is 0. The highest BCUT2D eigenvalue weighted by Crippen LogP contribution is 2.65. The zero-order valence-corrected chi connectivity index (χ0v) is 5.55. The van der Waals surface area contributed by atoms with Crippen molar-refractivity contribution in [1.29, 1.82) is 0 Å². The molecular weight excluding hydrogens is 112 g/mol. The Hall–Kier alpha value is -0.300. The van der Waals surface area contributed by atoms with Gasteiger partial charge in [0.05, 0.1) is 6.10 Å². The van der Waals surface area contributed by atoms with Crippen molar-refractivity contribution in [2.45, 2.75) is 18.9 Å². The van der Waals surface area contributed by atoms with Crippen LogP contribution in [0.3, 0.4) is 0 Å². The van der Waals surface area contributed by atoms with Gasteiger partial charge in [0.25, 0.3) is 0 Å². The third kappa shape index (κ3) is 0.379. The van der Waals surface area contributed by atoms with E-state index in [-0.39, 0.29) is 0 Å². The first-order chi connectivity index (χ1) is 4.42. The molecule has 3 aliphatic rings. The summed E-state index contributed by atoms with van der Waals surface area (Å²) in [5, 5.41) is 0. The molecule has 9 heavy (non-hydrogen) atoms. The van der Waals surface area contributed by atoms with Crippen molar-refractivity contribution < 1.29 is 4.74 Å². The van der Waals surface area contributed by atoms with Crippen LogP contribution in [0, 0.1) is 11.8 Å². The molecule has 0 aromatic rings. The van der Waals surface area contributed by atoms with Gasteiger partial charge in [0.15, 0.2) is 0 Å². The zero-order chi connectivity index (χ0) is 6.01. The highest BCUT2D eigenvalue weighted by atomic mass is 16.5. The van der Waals surface area contributed by atoms with Crippen LogP contribution in [0.25, 0.3) is 0 Å². The molecule has 3 atom stereocenters. The van der Waals surface area contributed by atoms with Crippen molar-refractivity contribution in [2.75, 3.05) is 7.11 Å². The van der Waals surface area contributed by atoms with Gasteiger partial charge in [0, 0.05) is 13.0 Å². The van der Waals surface area contributed by atoms with Crippen LogP contribution in [-0.2, 0) is 4.74 Å². The topological polar surface area (TPSA) is 9.23 Å². The van der Waals surface area contributed by atoms with E-state index in [9.17, 15) is 0 Å². The minimum atomic E-state index is 0.631. The second-order valence-corrected chi connectivity index (χ2v) is 3.40. The second-order valence-electron chi connectivity index (χ2n) is 3.40. The quantitative estimate of drug-likeness (QED) is 0.477. The van der Waals surface area contributed by atoms with Gasteiger partial charge in [-0.3, -0.25) is 0 Å². The van der Waals surface area contributed by atoms with Crippen LogP contribution in [-0.4, -0.2) is 13.2 Å². The van der Waals surface area contributed by atoms with Crippen LogP contribution < -0.4 is 0 Å². The van der Waals surface area contributed by atoms with E-state index in [1.165, 1.54) is 12.8 Å². The zero-order valence-electron chi connectivity index (χ0n) is 5.55. The molecule has 0 heterocycles. The molecule has 3 aliphatic carbocycles. The molecule has 0 bridgehead atoms. The number of methoxy groups -OCH3 is 1. The first kappa shape index (κ1) is 4.51. The van der Waals surface area contributed by atoms with E-state index >= 15 is 0 Å². The Morgan fingerprint density at radius 3 is 3.00 bits per heavy atom. The first-order valence-corrected chi connectivity index (χ1v) is 3.65. The van der Waals surface area contributed by atoms with Crippen LogP contribution in [0.4, 0.5) is 0 Å². The summed E-state index contributed by atoms with van der Waals surface area (Å²) in [5.74, 6) is 1.82. The number of rotatable bonds is 1. The highest BCUT2D eigenvalue weighted by Gasteiger charge is 2.61. The number of hydrogen-bond acceptors (Lipinski definition) is 1. The van der Waals surface area contributed by atoms with Gasteiger partial charge < -0.3 is 4.74 Å². The minimum absolute atomic E-state index is 0.631. The average molecular weight is 122 g/mol. The lowest BCUT2D eigenvalue weighted by Gasteiger charge is -1.92. The Morgan fingerprint density at radius 1 is 1.56 bits per heavy atom. The maximum atomic E-state index is 5.29. The maximum absolute atomic E-state index is 5.29. The van der Waals surface area contributed by atoms with Gasteiger partial charge >= 0.3 is 0 Å². The Labute approximate surface area is 54.7 Å². The molecule has 1 fully saturated rings. The summed E-state index contributed by atoms with van der Waals surface area (Å²) in [6.45, 7) is 0. The second kappa shape index (κ2) is 1.10. The lowest BCUT2D eigenvalue weighted by molar-refractivity contribution is 0.162. The summed E-state index contributed by atoms with van der Waals surface area (Å²) in [7, 11) is 1.84. The predicted molar refractivity (Wildman–Crippen MR) is 34.0 cm³/mol. The van der Waals surface area contributed by atoms with E-state index < -0.39 is 0 Å². The third-order valence-electron chi connectivity index (χ3n) is 2.99. The molecule has 0 spiro atoms. The molecule has 3 rings (SSSR count). The molecule has 0 aliphatic heterocycles. The van der Waals surface area contributed by atoms with Crippen LogP contribution in [0.2, 0.25) is 0 Å². The molecule has 0 amide bonds. The Kier molecular flexibility index (Phi) is 0.552. The molecule has 0 radical (unpaired) electrons. The van der Waals surface area contributed by atoms with E-state index in [0.29, 0.717) is 6.10 Å². The molecule has 0 saturated heterocycles. The van der Waals surface area contributed by atoms with Crippen molar-refractivity contribution in [1.82, 2.24) is 0 Å². The summed E-state index contributed by atoms with van der Waals surface area (Å²) in [6.07, 6.45) is 3.37. The lowest BCUT2D eigenvalue weighted by Crippen LogP contribution is -1.92. The van der Waals surface area contributed by atoms with Gasteiger partial charge in [0.2, 0.25) is 0 Å². The Morgan fingerprint density at radius 2 is 2.44 bits per heavy atom. The van der Waals surface area contributed by atoms with E-state index in [0.717, 1.165) is 11.8 Å². The Bertz CT molecular complexity index is 205. The van der Waals surface area contributed by atoms with Gasteiger partial charge in [-0.15, -0.1) is 0 Å². The van der Waals surface area contributed by atoms with Gasteiger partial charge in [-0.2, -0.15) is 0 Å². The van der Waals surface area contributed by atoms with Gasteiger partial charge in [-0.25, -0.2) is 0 Å². The molecule has 0 N–H and O–H groups in total. The molecule has 1 heteroatoms. The fraction of sp³-hybridized carbons (Fsp3) is 0.750. The highest BCUT2D eigenvalue weighted by molar-refractivity contribution is 5.49. The molecular formula is C8H10O.